The zero-order valence-corrected chi connectivity index (χ0v) is 25.9. The van der Waals surface area contributed by atoms with Gasteiger partial charge in [-0.25, -0.2) is 9.97 Å². The van der Waals surface area contributed by atoms with E-state index in [0.29, 0.717) is 5.95 Å². The molecule has 0 saturated heterocycles. The maximum atomic E-state index is 6.29. The fraction of sp³-hybridized carbons (Fsp3) is 0.0732. The van der Waals surface area contributed by atoms with Crippen molar-refractivity contribution in [2.45, 2.75) is 19.3 Å². The molecule has 3 aromatic heterocycles. The zero-order chi connectivity index (χ0) is 30.3. The number of thiophene rings is 1. The lowest BCUT2D eigenvalue weighted by Gasteiger charge is -2.22. The van der Waals surface area contributed by atoms with E-state index in [1.807, 2.05) is 41.7 Å². The van der Waals surface area contributed by atoms with Gasteiger partial charge in [-0.1, -0.05) is 74.5 Å². The molecule has 0 radical (unpaired) electrons. The fourth-order valence-corrected chi connectivity index (χ4v) is 9.22. The molecule has 0 amide bonds. The Balaban J connectivity index is 1.25. The summed E-state index contributed by atoms with van der Waals surface area (Å²) in [6.07, 6.45) is 0. The van der Waals surface area contributed by atoms with Gasteiger partial charge in [0.25, 0.3) is 0 Å². The van der Waals surface area contributed by atoms with Gasteiger partial charge in [-0.05, 0) is 76.9 Å². The van der Waals surface area contributed by atoms with Crippen LogP contribution in [0.4, 0.5) is 0 Å². The first-order chi connectivity index (χ1) is 22.6. The molecule has 216 valence electrons. The highest BCUT2D eigenvalue weighted by molar-refractivity contribution is 7.26. The Bertz CT molecular complexity index is 2820. The third kappa shape index (κ3) is 2.99. The summed E-state index contributed by atoms with van der Waals surface area (Å²) in [7, 11) is 0. The minimum Gasteiger partial charge on any atom is -0.456 e. The number of ether oxygens (including phenoxy) is 1. The van der Waals surface area contributed by atoms with Gasteiger partial charge < -0.3 is 4.74 Å². The quantitative estimate of drug-likeness (QED) is 0.186. The van der Waals surface area contributed by atoms with E-state index in [2.05, 4.69) is 103 Å². The molecule has 1 aliphatic carbocycles. The van der Waals surface area contributed by atoms with E-state index >= 15 is 0 Å². The second-order valence-electron chi connectivity index (χ2n) is 13.0. The normalized spacial score (nSPS) is 14.2. The van der Waals surface area contributed by atoms with Crippen LogP contribution in [0.15, 0.2) is 115 Å². The smallest absolute Gasteiger partial charge is 0.235 e. The van der Waals surface area contributed by atoms with Crippen LogP contribution < -0.4 is 4.74 Å². The summed E-state index contributed by atoms with van der Waals surface area (Å²) in [5, 5.41) is 6.08. The highest BCUT2D eigenvalue weighted by Crippen LogP contribution is 2.55. The molecule has 6 aromatic carbocycles. The van der Waals surface area contributed by atoms with Crippen LogP contribution in [0, 0.1) is 0 Å². The number of fused-ring (bicyclic) bond motifs is 12. The maximum absolute atomic E-state index is 6.29. The Kier molecular flexibility index (Phi) is 4.52. The molecule has 0 N–H and O–H groups in total. The molecule has 0 bridgehead atoms. The Morgan fingerprint density at radius 3 is 2.35 bits per heavy atom. The average molecular weight is 608 g/mol. The molecule has 4 nitrogen and oxygen atoms in total. The molecule has 0 saturated carbocycles. The van der Waals surface area contributed by atoms with Crippen molar-refractivity contribution in [3.05, 3.63) is 126 Å². The predicted molar refractivity (Wildman–Crippen MR) is 190 cm³/mol. The molecule has 0 atom stereocenters. The van der Waals surface area contributed by atoms with E-state index in [1.54, 1.807) is 0 Å². The molecular formula is C41H25N3OS. The van der Waals surface area contributed by atoms with Crippen LogP contribution in [0.25, 0.3) is 81.2 Å². The molecular weight excluding hydrogens is 583 g/mol. The number of hydrogen-bond donors (Lipinski definition) is 0. The van der Waals surface area contributed by atoms with Crippen LogP contribution in [0.2, 0.25) is 0 Å². The van der Waals surface area contributed by atoms with Gasteiger partial charge in [0, 0.05) is 41.9 Å². The minimum absolute atomic E-state index is 0.168. The third-order valence-electron chi connectivity index (χ3n) is 10.2. The molecule has 11 rings (SSSR count). The van der Waals surface area contributed by atoms with Crippen LogP contribution in [-0.4, -0.2) is 14.5 Å². The van der Waals surface area contributed by atoms with E-state index in [0.717, 1.165) is 44.7 Å². The maximum Gasteiger partial charge on any atom is 0.235 e. The largest absolute Gasteiger partial charge is 0.456 e. The Morgan fingerprint density at radius 1 is 0.609 bits per heavy atom. The molecule has 1 aliphatic heterocycles. The molecule has 4 heterocycles. The third-order valence-corrected chi connectivity index (χ3v) is 11.3. The van der Waals surface area contributed by atoms with Gasteiger partial charge in [0.05, 0.1) is 27.6 Å². The number of para-hydroxylation sites is 2. The van der Waals surface area contributed by atoms with Crippen molar-refractivity contribution >= 4 is 64.2 Å². The lowest BCUT2D eigenvalue weighted by atomic mass is 9.82. The van der Waals surface area contributed by atoms with Crippen molar-refractivity contribution in [3.8, 4) is 39.8 Å². The summed E-state index contributed by atoms with van der Waals surface area (Å²) in [6, 6.07) is 41.3. The summed E-state index contributed by atoms with van der Waals surface area (Å²) in [5.74, 6) is 2.28. The summed E-state index contributed by atoms with van der Waals surface area (Å²) in [4.78, 5) is 10.5. The second-order valence-corrected chi connectivity index (χ2v) is 14.1. The molecule has 0 spiro atoms. The van der Waals surface area contributed by atoms with Gasteiger partial charge >= 0.3 is 0 Å². The van der Waals surface area contributed by atoms with Crippen molar-refractivity contribution < 1.29 is 4.74 Å². The van der Waals surface area contributed by atoms with E-state index < -0.39 is 0 Å². The first kappa shape index (κ1) is 24.8. The number of hydrogen-bond acceptors (Lipinski definition) is 4. The molecule has 5 heteroatoms. The number of nitrogens with zero attached hydrogens (tertiary/aromatic N) is 3. The topological polar surface area (TPSA) is 39.9 Å². The lowest BCUT2D eigenvalue weighted by molar-refractivity contribution is 0.486. The molecule has 0 unspecified atom stereocenters. The van der Waals surface area contributed by atoms with Gasteiger partial charge in [-0.2, -0.15) is 0 Å². The first-order valence-corrected chi connectivity index (χ1v) is 16.5. The Hall–Kier alpha value is -5.52. The minimum atomic E-state index is -0.168. The van der Waals surface area contributed by atoms with Gasteiger partial charge in [0.2, 0.25) is 5.95 Å². The van der Waals surface area contributed by atoms with Crippen molar-refractivity contribution in [3.63, 3.8) is 0 Å². The monoisotopic (exact) mass is 607 g/mol. The lowest BCUT2D eigenvalue weighted by Crippen LogP contribution is -2.15. The molecule has 9 aromatic rings. The van der Waals surface area contributed by atoms with E-state index in [4.69, 9.17) is 14.7 Å². The van der Waals surface area contributed by atoms with Crippen molar-refractivity contribution in [2.24, 2.45) is 0 Å². The fourth-order valence-electron chi connectivity index (χ4n) is 8.11. The van der Waals surface area contributed by atoms with E-state index in [-0.39, 0.29) is 5.41 Å². The average Bonchev–Trinajstić information content (AvgIpc) is 3.69. The van der Waals surface area contributed by atoms with Crippen LogP contribution in [0.5, 0.6) is 11.5 Å². The van der Waals surface area contributed by atoms with Crippen molar-refractivity contribution in [1.82, 2.24) is 14.5 Å². The van der Waals surface area contributed by atoms with Crippen molar-refractivity contribution in [2.75, 3.05) is 0 Å². The summed E-state index contributed by atoms with van der Waals surface area (Å²) in [6.45, 7) is 4.73. The summed E-state index contributed by atoms with van der Waals surface area (Å²) < 4.78 is 11.2. The Labute approximate surface area is 268 Å². The Morgan fingerprint density at radius 2 is 1.41 bits per heavy atom. The second kappa shape index (κ2) is 8.39. The van der Waals surface area contributed by atoms with Crippen molar-refractivity contribution in [1.29, 1.82) is 0 Å². The van der Waals surface area contributed by atoms with Crippen LogP contribution in [0.3, 0.4) is 0 Å². The van der Waals surface area contributed by atoms with Crippen LogP contribution >= 0.6 is 11.3 Å². The van der Waals surface area contributed by atoms with Gasteiger partial charge in [-0.3, -0.25) is 4.57 Å². The number of benzene rings is 6. The standard InChI is InChI=1S/C41H25N3OS/c1-41(2)27-18-19-35-37(24-12-5-8-17-34(24)46-35)36(27)26-20-25-22-10-3-6-14-30(22)44(31(25)21-28(26)41)40-42-29-13-9-16-33-38(29)39(43-40)23-11-4-7-15-32(23)45-33/h3-21H,1-2H3. The van der Waals surface area contributed by atoms with E-state index in [9.17, 15) is 0 Å². The van der Waals surface area contributed by atoms with Gasteiger partial charge in [-0.15, -0.1) is 11.3 Å². The number of aromatic nitrogens is 3. The summed E-state index contributed by atoms with van der Waals surface area (Å²) in [5.41, 5.74) is 10.2. The SMILES string of the molecule is CC1(C)c2cc3c(cc2-c2c1ccc1sc4ccccc4c21)c1ccccc1n3-c1nc2c3c(cccc3n1)Oc1ccccc1-2. The molecule has 0 fully saturated rings. The zero-order valence-electron chi connectivity index (χ0n) is 25.1. The predicted octanol–water partition coefficient (Wildman–Crippen LogP) is 11.2. The summed E-state index contributed by atoms with van der Waals surface area (Å²) >= 11 is 1.89. The van der Waals surface area contributed by atoms with Crippen LogP contribution in [-0.2, 0) is 5.41 Å². The number of rotatable bonds is 1. The highest BCUT2D eigenvalue weighted by atomic mass is 32.1. The first-order valence-electron chi connectivity index (χ1n) is 15.7. The van der Waals surface area contributed by atoms with E-state index in [1.165, 1.54) is 53.2 Å². The van der Waals surface area contributed by atoms with Gasteiger partial charge in [0.1, 0.15) is 11.5 Å². The van der Waals surface area contributed by atoms with Gasteiger partial charge in [0.15, 0.2) is 0 Å². The molecule has 46 heavy (non-hydrogen) atoms. The molecule has 2 aliphatic rings. The highest BCUT2D eigenvalue weighted by Gasteiger charge is 2.38. The van der Waals surface area contributed by atoms with Crippen LogP contribution in [0.1, 0.15) is 25.0 Å².